The lowest BCUT2D eigenvalue weighted by Crippen LogP contribution is -2.11. The monoisotopic (exact) mass is 225 g/mol. The van der Waals surface area contributed by atoms with Crippen LogP contribution in [-0.4, -0.2) is 12.3 Å². The van der Waals surface area contributed by atoms with E-state index in [4.69, 9.17) is 5.73 Å². The Balaban J connectivity index is 3.81. The second-order valence-electron chi connectivity index (χ2n) is 4.59. The van der Waals surface area contributed by atoms with Crippen molar-refractivity contribution in [2.45, 2.75) is 58.8 Å². The number of allylic oxidation sites excluding steroid dienone is 1. The minimum absolute atomic E-state index is 0.338. The van der Waals surface area contributed by atoms with E-state index >= 15 is 0 Å². The second-order valence-corrected chi connectivity index (χ2v) is 4.59. The predicted octanol–water partition coefficient (Wildman–Crippen LogP) is 3.46. The van der Waals surface area contributed by atoms with E-state index in [1.165, 1.54) is 12.8 Å². The minimum atomic E-state index is 0.338. The molecule has 16 heavy (non-hydrogen) atoms. The first-order valence-corrected chi connectivity index (χ1v) is 6.52. The van der Waals surface area contributed by atoms with Crippen molar-refractivity contribution in [3.05, 3.63) is 12.2 Å². The third-order valence-electron chi connectivity index (χ3n) is 3.05. The quantitative estimate of drug-likeness (QED) is 0.579. The highest BCUT2D eigenvalue weighted by Crippen LogP contribution is 2.18. The van der Waals surface area contributed by atoms with Gasteiger partial charge in [-0.15, -0.1) is 0 Å². The van der Waals surface area contributed by atoms with Crippen molar-refractivity contribution in [3.8, 4) is 0 Å². The zero-order valence-electron chi connectivity index (χ0n) is 10.9. The Hall–Kier alpha value is -0.630. The van der Waals surface area contributed by atoms with Crippen LogP contribution in [0.15, 0.2) is 12.2 Å². The van der Waals surface area contributed by atoms with Gasteiger partial charge in [-0.05, 0) is 31.7 Å². The second kappa shape index (κ2) is 9.59. The Labute approximate surface area is 100 Å². The summed E-state index contributed by atoms with van der Waals surface area (Å²) < 4.78 is 0. The van der Waals surface area contributed by atoms with Gasteiger partial charge < -0.3 is 5.73 Å². The fraction of sp³-hybridized carbons (Fsp3) is 0.786. The standard InChI is InChI=1S/C14H27NO/c1-4-6-13(9-10-15)7-8-14(16)11-12(3)5-2/h13H,3-11,15H2,1-2H3. The first-order valence-electron chi connectivity index (χ1n) is 6.52. The highest BCUT2D eigenvalue weighted by atomic mass is 16.1. The van der Waals surface area contributed by atoms with Gasteiger partial charge >= 0.3 is 0 Å². The van der Waals surface area contributed by atoms with E-state index in [0.29, 0.717) is 24.5 Å². The van der Waals surface area contributed by atoms with E-state index in [0.717, 1.165) is 31.4 Å². The molecular formula is C14H27NO. The number of Topliss-reactive ketones (excluding diaryl/α,β-unsaturated/α-hetero) is 1. The van der Waals surface area contributed by atoms with E-state index in [9.17, 15) is 4.79 Å². The number of carbonyl (C=O) groups excluding carboxylic acids is 1. The molecule has 0 aliphatic carbocycles. The lowest BCUT2D eigenvalue weighted by Gasteiger charge is -2.14. The van der Waals surface area contributed by atoms with Crippen LogP contribution in [-0.2, 0) is 4.79 Å². The molecule has 0 aromatic carbocycles. The van der Waals surface area contributed by atoms with Crippen molar-refractivity contribution in [3.63, 3.8) is 0 Å². The maximum Gasteiger partial charge on any atom is 0.136 e. The van der Waals surface area contributed by atoms with E-state index in [-0.39, 0.29) is 0 Å². The van der Waals surface area contributed by atoms with Gasteiger partial charge in [0, 0.05) is 12.8 Å². The fourth-order valence-electron chi connectivity index (χ4n) is 1.93. The van der Waals surface area contributed by atoms with Gasteiger partial charge in [-0.25, -0.2) is 0 Å². The molecule has 0 fully saturated rings. The summed E-state index contributed by atoms with van der Waals surface area (Å²) in [5.41, 5.74) is 6.62. The third-order valence-corrected chi connectivity index (χ3v) is 3.05. The van der Waals surface area contributed by atoms with Crippen LogP contribution in [0.3, 0.4) is 0 Å². The summed E-state index contributed by atoms with van der Waals surface area (Å²) in [5.74, 6) is 0.971. The van der Waals surface area contributed by atoms with Gasteiger partial charge in [0.2, 0.25) is 0 Å². The Kier molecular flexibility index (Phi) is 9.21. The van der Waals surface area contributed by atoms with Crippen molar-refractivity contribution in [1.29, 1.82) is 0 Å². The summed E-state index contributed by atoms with van der Waals surface area (Å²) in [6.45, 7) is 8.84. The van der Waals surface area contributed by atoms with Gasteiger partial charge in [0.1, 0.15) is 5.78 Å². The van der Waals surface area contributed by atoms with Crippen LogP contribution in [0.25, 0.3) is 0 Å². The molecule has 1 atom stereocenters. The molecule has 1 unspecified atom stereocenters. The largest absolute Gasteiger partial charge is 0.330 e. The zero-order chi connectivity index (χ0) is 12.4. The van der Waals surface area contributed by atoms with E-state index in [2.05, 4.69) is 13.5 Å². The summed E-state index contributed by atoms with van der Waals surface area (Å²) in [6.07, 6.45) is 6.60. The molecule has 0 rings (SSSR count). The first kappa shape index (κ1) is 15.4. The summed E-state index contributed by atoms with van der Waals surface area (Å²) in [6, 6.07) is 0. The third kappa shape index (κ3) is 7.63. The molecule has 0 amide bonds. The highest BCUT2D eigenvalue weighted by molar-refractivity contribution is 5.80. The fourth-order valence-corrected chi connectivity index (χ4v) is 1.93. The van der Waals surface area contributed by atoms with Crippen LogP contribution in [0.5, 0.6) is 0 Å². The number of rotatable bonds is 10. The molecule has 0 spiro atoms. The van der Waals surface area contributed by atoms with Crippen molar-refractivity contribution >= 4 is 5.78 Å². The van der Waals surface area contributed by atoms with E-state index in [1.807, 2.05) is 6.92 Å². The Morgan fingerprint density at radius 1 is 1.25 bits per heavy atom. The average Bonchev–Trinajstić information content (AvgIpc) is 2.26. The molecule has 0 aromatic rings. The molecule has 0 aliphatic rings. The van der Waals surface area contributed by atoms with Crippen LogP contribution in [0.2, 0.25) is 0 Å². The van der Waals surface area contributed by atoms with Gasteiger partial charge in [0.15, 0.2) is 0 Å². The summed E-state index contributed by atoms with van der Waals surface area (Å²) in [7, 11) is 0. The molecular weight excluding hydrogens is 198 g/mol. The number of hydrogen-bond donors (Lipinski definition) is 1. The summed E-state index contributed by atoms with van der Waals surface area (Å²) >= 11 is 0. The molecule has 0 radical (unpaired) electrons. The van der Waals surface area contributed by atoms with Gasteiger partial charge in [-0.2, -0.15) is 0 Å². The first-order chi connectivity index (χ1) is 7.63. The smallest absolute Gasteiger partial charge is 0.136 e. The molecule has 0 aliphatic heterocycles. The molecule has 2 nitrogen and oxygen atoms in total. The molecule has 0 aromatic heterocycles. The molecule has 2 heteroatoms. The normalized spacial score (nSPS) is 12.4. The molecule has 0 bridgehead atoms. The molecule has 2 N–H and O–H groups in total. The maximum atomic E-state index is 11.6. The number of nitrogens with two attached hydrogens (primary N) is 1. The summed E-state index contributed by atoms with van der Waals surface area (Å²) in [4.78, 5) is 11.6. The highest BCUT2D eigenvalue weighted by Gasteiger charge is 2.10. The van der Waals surface area contributed by atoms with Crippen LogP contribution in [0, 0.1) is 5.92 Å². The topological polar surface area (TPSA) is 43.1 Å². The molecule has 0 saturated heterocycles. The van der Waals surface area contributed by atoms with E-state index in [1.54, 1.807) is 0 Å². The van der Waals surface area contributed by atoms with Gasteiger partial charge in [0.05, 0.1) is 0 Å². The lowest BCUT2D eigenvalue weighted by molar-refractivity contribution is -0.118. The number of carbonyl (C=O) groups is 1. The van der Waals surface area contributed by atoms with Crippen molar-refractivity contribution in [2.24, 2.45) is 11.7 Å². The Morgan fingerprint density at radius 3 is 2.44 bits per heavy atom. The van der Waals surface area contributed by atoms with Crippen LogP contribution < -0.4 is 5.73 Å². The maximum absolute atomic E-state index is 11.6. The minimum Gasteiger partial charge on any atom is -0.330 e. The van der Waals surface area contributed by atoms with Crippen molar-refractivity contribution < 1.29 is 4.79 Å². The van der Waals surface area contributed by atoms with Gasteiger partial charge in [-0.1, -0.05) is 38.8 Å². The summed E-state index contributed by atoms with van der Waals surface area (Å²) in [5, 5.41) is 0. The van der Waals surface area contributed by atoms with Gasteiger partial charge in [0.25, 0.3) is 0 Å². The number of ketones is 1. The Bertz CT molecular complexity index is 205. The SMILES string of the molecule is C=C(CC)CC(=O)CCC(CCC)CCN. The molecule has 0 saturated carbocycles. The van der Waals surface area contributed by atoms with Crippen molar-refractivity contribution in [1.82, 2.24) is 0 Å². The number of hydrogen-bond acceptors (Lipinski definition) is 2. The van der Waals surface area contributed by atoms with Crippen LogP contribution in [0.1, 0.15) is 58.8 Å². The van der Waals surface area contributed by atoms with Crippen LogP contribution >= 0.6 is 0 Å². The average molecular weight is 225 g/mol. The Morgan fingerprint density at radius 2 is 1.94 bits per heavy atom. The van der Waals surface area contributed by atoms with E-state index < -0.39 is 0 Å². The molecule has 0 heterocycles. The molecule has 94 valence electrons. The van der Waals surface area contributed by atoms with Crippen LogP contribution in [0.4, 0.5) is 0 Å². The lowest BCUT2D eigenvalue weighted by atomic mass is 9.92. The predicted molar refractivity (Wildman–Crippen MR) is 70.4 cm³/mol. The van der Waals surface area contributed by atoms with Crippen molar-refractivity contribution in [2.75, 3.05) is 6.54 Å². The van der Waals surface area contributed by atoms with Gasteiger partial charge in [-0.3, -0.25) is 4.79 Å². The zero-order valence-corrected chi connectivity index (χ0v) is 10.9.